The smallest absolute Gasteiger partial charge is 0.161 e. The molecule has 0 aromatic heterocycles. The van der Waals surface area contributed by atoms with Crippen molar-refractivity contribution in [1.82, 2.24) is 0 Å². The van der Waals surface area contributed by atoms with Crippen LogP contribution < -0.4 is 31.8 Å². The average Bonchev–Trinajstić information content (AvgIpc) is 3.50. The fourth-order valence-corrected chi connectivity index (χ4v) is 27.4. The zero-order valence-corrected chi connectivity index (χ0v) is 39.0. The van der Waals surface area contributed by atoms with Gasteiger partial charge >= 0.3 is 76.6 Å². The zero-order valence-electron chi connectivity index (χ0n) is 29.4. The predicted octanol–water partition coefficient (Wildman–Crippen LogP) is 9.27. The maximum absolute atomic E-state index is 16.6. The van der Waals surface area contributed by atoms with Gasteiger partial charge in [-0.2, -0.15) is 0 Å². The van der Waals surface area contributed by atoms with E-state index in [9.17, 15) is 0 Å². The molecule has 0 N–H and O–H groups in total. The van der Waals surface area contributed by atoms with Crippen LogP contribution in [-0.4, -0.2) is 26.8 Å². The maximum atomic E-state index is 16.6. The van der Waals surface area contributed by atoms with Crippen molar-refractivity contribution in [2.75, 3.05) is 0 Å². The van der Waals surface area contributed by atoms with Crippen LogP contribution in [0, 0.1) is 0 Å². The van der Waals surface area contributed by atoms with Crippen LogP contribution in [0.1, 0.15) is 13.8 Å². The molecule has 7 rings (SSSR count). The predicted molar refractivity (Wildman–Crippen MR) is 231 cm³/mol. The van der Waals surface area contributed by atoms with E-state index in [1.165, 1.54) is 0 Å². The first-order chi connectivity index (χ1) is 24.7. The third kappa shape index (κ3) is 8.93. The number of benzene rings is 6. The summed E-state index contributed by atoms with van der Waals surface area (Å²) in [7, 11) is -11.9. The van der Waals surface area contributed by atoms with Gasteiger partial charge in [-0.3, -0.25) is 0 Å². The van der Waals surface area contributed by atoms with Crippen LogP contribution in [0.15, 0.2) is 198 Å². The SMILES string of the molecule is CC1=[CH][SbH][C]([Zr])=C1C.Cl.Cl.O=P(c1ccccc1)(c1ccccc1)C(P(=O)(c1ccccc1)c1ccccc1)P(=O)(c1ccccc1)c1ccccc1. The van der Waals surface area contributed by atoms with E-state index in [1.807, 2.05) is 182 Å². The summed E-state index contributed by atoms with van der Waals surface area (Å²) in [5.41, 5.74) is 3.16. The Kier molecular flexibility index (Phi) is 16.1. The van der Waals surface area contributed by atoms with E-state index in [4.69, 9.17) is 0 Å². The van der Waals surface area contributed by atoms with E-state index < -0.39 is 26.6 Å². The standard InChI is InChI=1S/C37H31O3P3.C6H7.2ClH.Sb.Zr.H/c38-41(31-19-7-1-8-20-31,32-21-9-2-10-22-32)37(42(39,33-23-11-3-12-24-33)34-25-13-4-14-26-34)43(40,35-27-15-5-16-28-35)36-29-17-6-18-30-36;1-5(2)6(3)4;;;;;/h1-30,37H;1H,2-3H3;2*1H;;;. The second-order valence-electron chi connectivity index (χ2n) is 12.3. The number of halogens is 2. The van der Waals surface area contributed by atoms with E-state index in [-0.39, 0.29) is 46.4 Å². The molecule has 269 valence electrons. The largest absolute Gasteiger partial charge is 0.312 e. The van der Waals surface area contributed by atoms with Gasteiger partial charge in [0.05, 0.1) is 0 Å². The Morgan fingerprint density at radius 3 is 0.755 bits per heavy atom. The molecule has 10 heteroatoms. The minimum atomic E-state index is -3.97. The normalized spacial score (nSPS) is 12.8. The Bertz CT molecular complexity index is 1930. The number of hydrogen-bond acceptors (Lipinski definition) is 3. The summed E-state index contributed by atoms with van der Waals surface area (Å²) in [5, 5.41) is 1.80. The monoisotopic (exact) mass is 979 g/mol. The molecule has 0 radical (unpaired) electrons. The third-order valence-corrected chi connectivity index (χ3v) is 30.3. The molecule has 0 aliphatic carbocycles. The molecule has 0 saturated heterocycles. The maximum Gasteiger partial charge on any atom is 0.161 e. The van der Waals surface area contributed by atoms with Gasteiger partial charge < -0.3 is 13.7 Å². The van der Waals surface area contributed by atoms with Gasteiger partial charge in [-0.25, -0.2) is 0 Å². The van der Waals surface area contributed by atoms with Crippen LogP contribution in [0.3, 0.4) is 0 Å². The molecule has 0 atom stereocenters. The summed E-state index contributed by atoms with van der Waals surface area (Å²) in [4.78, 5) is 0. The molecule has 0 fully saturated rings. The van der Waals surface area contributed by atoms with Crippen LogP contribution in [0.25, 0.3) is 0 Å². The molecule has 1 aliphatic rings. The van der Waals surface area contributed by atoms with Crippen molar-refractivity contribution in [2.45, 2.75) is 19.0 Å². The van der Waals surface area contributed by atoms with Gasteiger partial charge in [0.25, 0.3) is 0 Å². The molecule has 6 aromatic carbocycles. The van der Waals surface area contributed by atoms with Gasteiger partial charge in [-0.15, -0.1) is 24.8 Å². The minimum Gasteiger partial charge on any atom is -0.312 e. The van der Waals surface area contributed by atoms with Gasteiger partial charge in [0, 0.05) is 31.8 Å². The van der Waals surface area contributed by atoms with E-state index in [0.717, 1.165) is 0 Å². The third-order valence-electron chi connectivity index (χ3n) is 9.21. The molecule has 0 amide bonds. The van der Waals surface area contributed by atoms with Crippen LogP contribution in [-0.2, 0) is 38.4 Å². The van der Waals surface area contributed by atoms with Crippen molar-refractivity contribution in [3.63, 3.8) is 0 Å². The summed E-state index contributed by atoms with van der Waals surface area (Å²) in [6.45, 7) is 4.48. The number of hydrogen-bond donors (Lipinski definition) is 0. The Balaban J connectivity index is 0.000000558. The first-order valence-electron chi connectivity index (χ1n) is 16.7. The van der Waals surface area contributed by atoms with Crippen LogP contribution in [0.5, 0.6) is 0 Å². The van der Waals surface area contributed by atoms with Gasteiger partial charge in [-0.1, -0.05) is 182 Å². The van der Waals surface area contributed by atoms with E-state index >= 15 is 13.7 Å². The molecule has 0 unspecified atom stereocenters. The van der Waals surface area contributed by atoms with Crippen LogP contribution in [0.4, 0.5) is 0 Å². The van der Waals surface area contributed by atoms with Crippen LogP contribution >= 0.6 is 46.2 Å². The molecule has 0 bridgehead atoms. The van der Waals surface area contributed by atoms with E-state index in [0.29, 0.717) is 31.8 Å². The molecule has 1 aliphatic heterocycles. The summed E-state index contributed by atoms with van der Waals surface area (Å²) in [6.07, 6.45) is 0. The van der Waals surface area contributed by atoms with E-state index in [1.54, 1.807) is 37.1 Å². The second-order valence-corrected chi connectivity index (χ2v) is 29.9. The number of allylic oxidation sites excluding steroid dienone is 2. The molecule has 0 spiro atoms. The van der Waals surface area contributed by atoms with Crippen molar-refractivity contribution in [1.29, 1.82) is 0 Å². The van der Waals surface area contributed by atoms with Crippen molar-refractivity contribution in [3.8, 4) is 0 Å². The molecule has 1 heterocycles. The van der Waals surface area contributed by atoms with Gasteiger partial charge in [0.15, 0.2) is 21.4 Å². The minimum absolute atomic E-state index is 0. The second kappa shape index (κ2) is 19.6. The molecular weight excluding hydrogens is 941 g/mol. The van der Waals surface area contributed by atoms with Gasteiger partial charge in [0.2, 0.25) is 0 Å². The van der Waals surface area contributed by atoms with Crippen molar-refractivity contribution < 1.29 is 38.4 Å². The van der Waals surface area contributed by atoms with Crippen molar-refractivity contribution in [3.05, 3.63) is 198 Å². The Labute approximate surface area is 352 Å². The Morgan fingerprint density at radius 1 is 0.415 bits per heavy atom. The quantitative estimate of drug-likeness (QED) is 0.107. The summed E-state index contributed by atoms with van der Waals surface area (Å²) < 4.78 is 53.9. The summed E-state index contributed by atoms with van der Waals surface area (Å²) >= 11 is 1.55. The molecule has 53 heavy (non-hydrogen) atoms. The Hall–Kier alpha value is -2.23. The van der Waals surface area contributed by atoms with E-state index in [2.05, 4.69) is 17.9 Å². The zero-order chi connectivity index (χ0) is 35.9. The topological polar surface area (TPSA) is 51.2 Å². The van der Waals surface area contributed by atoms with Crippen molar-refractivity contribution >= 4 is 99.7 Å². The first-order valence-corrected chi connectivity index (χ1v) is 26.3. The fourth-order valence-electron chi connectivity index (χ4n) is 6.43. The molecule has 0 saturated carbocycles. The molecule has 6 aromatic rings. The fraction of sp³-hybridized carbons (Fsp3) is 0.0698. The molecule has 3 nitrogen and oxygen atoms in total. The molecular formula is C43H41Cl2O3P3SbZr. The van der Waals surface area contributed by atoms with Gasteiger partial charge in [0.1, 0.15) is 5.14 Å². The van der Waals surface area contributed by atoms with Crippen LogP contribution in [0.2, 0.25) is 0 Å². The van der Waals surface area contributed by atoms with Crippen molar-refractivity contribution in [2.24, 2.45) is 0 Å². The summed E-state index contributed by atoms with van der Waals surface area (Å²) in [5.74, 6) is 0. The Morgan fingerprint density at radius 2 is 0.623 bits per heavy atom. The number of rotatable bonds is 9. The first kappa shape index (κ1) is 43.5. The van der Waals surface area contributed by atoms with Gasteiger partial charge in [-0.05, 0) is 0 Å². The average molecular weight is 983 g/mol. The summed E-state index contributed by atoms with van der Waals surface area (Å²) in [6, 6.07) is 55.2.